The second-order valence-electron chi connectivity index (χ2n) is 8.01. The average molecular weight is 452 g/mol. The number of β-lactam (4-membered cyclic amide) rings is 1. The van der Waals surface area contributed by atoms with Gasteiger partial charge in [-0.1, -0.05) is 29.8 Å². The molecule has 0 unspecified atom stereocenters. The maximum Gasteiger partial charge on any atom is 0.271 e. The topological polar surface area (TPSA) is 48.0 Å². The molecule has 5 nitrogen and oxygen atoms in total. The molecule has 0 N–H and O–H groups in total. The van der Waals surface area contributed by atoms with Crippen molar-refractivity contribution in [3.63, 3.8) is 0 Å². The minimum absolute atomic E-state index is 0.0900. The van der Waals surface area contributed by atoms with Crippen molar-refractivity contribution in [1.29, 1.82) is 0 Å². The third kappa shape index (κ3) is 3.89. The SMILES string of the molecule is COc1ccc([C@@H]2[C@H](Oc3ccc(Cl)cc3C)C(=O)N2c2cc(C)ccc2C)cc1OC. The second kappa shape index (κ2) is 8.75. The predicted molar refractivity (Wildman–Crippen MR) is 126 cm³/mol. The van der Waals surface area contributed by atoms with Gasteiger partial charge in [0, 0.05) is 10.7 Å². The first-order valence-electron chi connectivity index (χ1n) is 10.4. The van der Waals surface area contributed by atoms with Gasteiger partial charge >= 0.3 is 0 Å². The minimum Gasteiger partial charge on any atom is -0.493 e. The molecular formula is C26H26ClNO4. The molecule has 1 heterocycles. The lowest BCUT2D eigenvalue weighted by molar-refractivity contribution is -0.135. The highest BCUT2D eigenvalue weighted by Gasteiger charge is 2.51. The number of aryl methyl sites for hydroxylation is 3. The first kappa shape index (κ1) is 22.0. The zero-order chi connectivity index (χ0) is 23.0. The van der Waals surface area contributed by atoms with Gasteiger partial charge in [-0.3, -0.25) is 9.69 Å². The molecule has 1 aliphatic heterocycles. The molecule has 3 aromatic rings. The Morgan fingerprint density at radius 1 is 0.812 bits per heavy atom. The van der Waals surface area contributed by atoms with Crippen LogP contribution < -0.4 is 19.1 Å². The second-order valence-corrected chi connectivity index (χ2v) is 8.44. The quantitative estimate of drug-likeness (QED) is 0.443. The van der Waals surface area contributed by atoms with E-state index in [0.29, 0.717) is 22.3 Å². The van der Waals surface area contributed by atoms with E-state index in [1.165, 1.54) is 0 Å². The summed E-state index contributed by atoms with van der Waals surface area (Å²) in [6, 6.07) is 16.9. The van der Waals surface area contributed by atoms with E-state index in [4.69, 9.17) is 25.8 Å². The van der Waals surface area contributed by atoms with E-state index in [1.807, 2.05) is 63.2 Å². The molecular weight excluding hydrogens is 426 g/mol. The van der Waals surface area contributed by atoms with E-state index >= 15 is 0 Å². The molecule has 0 radical (unpaired) electrons. The van der Waals surface area contributed by atoms with Crippen LogP contribution in [0.15, 0.2) is 54.6 Å². The molecule has 166 valence electrons. The van der Waals surface area contributed by atoms with E-state index in [2.05, 4.69) is 0 Å². The van der Waals surface area contributed by atoms with Crippen LogP contribution in [-0.2, 0) is 4.79 Å². The molecule has 3 aromatic carbocycles. The zero-order valence-corrected chi connectivity index (χ0v) is 19.6. The van der Waals surface area contributed by atoms with Gasteiger partial charge in [0.05, 0.1) is 14.2 Å². The van der Waals surface area contributed by atoms with Crippen LogP contribution in [0.5, 0.6) is 17.2 Å². The number of amides is 1. The fraction of sp³-hybridized carbons (Fsp3) is 0.269. The van der Waals surface area contributed by atoms with Gasteiger partial charge in [-0.05, 0) is 79.4 Å². The molecule has 32 heavy (non-hydrogen) atoms. The summed E-state index contributed by atoms with van der Waals surface area (Å²) >= 11 is 6.10. The first-order chi connectivity index (χ1) is 15.3. The average Bonchev–Trinajstić information content (AvgIpc) is 2.78. The van der Waals surface area contributed by atoms with Gasteiger partial charge in [0.15, 0.2) is 11.5 Å². The highest BCUT2D eigenvalue weighted by molar-refractivity contribution is 6.30. The van der Waals surface area contributed by atoms with Crippen molar-refractivity contribution in [3.8, 4) is 17.2 Å². The molecule has 0 aromatic heterocycles. The largest absolute Gasteiger partial charge is 0.493 e. The Morgan fingerprint density at radius 2 is 1.53 bits per heavy atom. The van der Waals surface area contributed by atoms with Crippen LogP contribution in [0.3, 0.4) is 0 Å². The monoisotopic (exact) mass is 451 g/mol. The number of anilines is 1. The van der Waals surface area contributed by atoms with E-state index < -0.39 is 6.10 Å². The summed E-state index contributed by atoms with van der Waals surface area (Å²) in [5.74, 6) is 1.78. The number of hydrogen-bond donors (Lipinski definition) is 0. The molecule has 0 spiro atoms. The fourth-order valence-corrected chi connectivity index (χ4v) is 4.29. The molecule has 6 heteroatoms. The van der Waals surface area contributed by atoms with Gasteiger partial charge in [0.25, 0.3) is 5.91 Å². The van der Waals surface area contributed by atoms with E-state index in [-0.39, 0.29) is 11.9 Å². The molecule has 0 aliphatic carbocycles. The lowest BCUT2D eigenvalue weighted by Gasteiger charge is -2.47. The minimum atomic E-state index is -0.673. The van der Waals surface area contributed by atoms with Gasteiger partial charge in [-0.25, -0.2) is 0 Å². The van der Waals surface area contributed by atoms with Crippen LogP contribution in [0.2, 0.25) is 5.02 Å². The van der Waals surface area contributed by atoms with E-state index in [0.717, 1.165) is 27.9 Å². The number of carbonyl (C=O) groups is 1. The van der Waals surface area contributed by atoms with Gasteiger partial charge in [-0.2, -0.15) is 0 Å². The van der Waals surface area contributed by atoms with Crippen LogP contribution >= 0.6 is 11.6 Å². The van der Waals surface area contributed by atoms with Crippen molar-refractivity contribution in [3.05, 3.63) is 81.9 Å². The fourth-order valence-electron chi connectivity index (χ4n) is 4.07. The number of halogens is 1. The summed E-state index contributed by atoms with van der Waals surface area (Å²) in [4.78, 5) is 15.2. The number of ether oxygens (including phenoxy) is 3. The smallest absolute Gasteiger partial charge is 0.271 e. The molecule has 1 saturated heterocycles. The Balaban J connectivity index is 1.78. The number of nitrogens with zero attached hydrogens (tertiary/aromatic N) is 1. The summed E-state index contributed by atoms with van der Waals surface area (Å²) in [6.07, 6.45) is -0.673. The Morgan fingerprint density at radius 3 is 2.22 bits per heavy atom. The van der Waals surface area contributed by atoms with Crippen molar-refractivity contribution in [2.45, 2.75) is 32.9 Å². The summed E-state index contributed by atoms with van der Waals surface area (Å²) < 4.78 is 17.1. The van der Waals surface area contributed by atoms with Crippen LogP contribution in [0, 0.1) is 20.8 Å². The third-order valence-corrected chi connectivity index (χ3v) is 6.05. The van der Waals surface area contributed by atoms with Gasteiger partial charge in [0.1, 0.15) is 11.8 Å². The number of rotatable bonds is 6. The molecule has 1 amide bonds. The van der Waals surface area contributed by atoms with Gasteiger partial charge in [0.2, 0.25) is 6.10 Å². The van der Waals surface area contributed by atoms with Crippen molar-refractivity contribution < 1.29 is 19.0 Å². The summed E-state index contributed by atoms with van der Waals surface area (Å²) in [7, 11) is 3.20. The number of hydrogen-bond acceptors (Lipinski definition) is 4. The normalized spacial score (nSPS) is 17.7. The van der Waals surface area contributed by atoms with E-state index in [9.17, 15) is 4.79 Å². The van der Waals surface area contributed by atoms with Crippen LogP contribution in [0.4, 0.5) is 5.69 Å². The van der Waals surface area contributed by atoms with Crippen molar-refractivity contribution in [2.75, 3.05) is 19.1 Å². The van der Waals surface area contributed by atoms with Crippen LogP contribution in [0.25, 0.3) is 0 Å². The molecule has 0 saturated carbocycles. The van der Waals surface area contributed by atoms with Crippen molar-refractivity contribution >= 4 is 23.2 Å². The number of methoxy groups -OCH3 is 2. The highest BCUT2D eigenvalue weighted by Crippen LogP contribution is 2.45. The van der Waals surface area contributed by atoms with Crippen LogP contribution in [0.1, 0.15) is 28.3 Å². The van der Waals surface area contributed by atoms with Crippen molar-refractivity contribution in [2.24, 2.45) is 0 Å². The standard InChI is InChI=1S/C26H26ClNO4/c1-15-6-7-16(2)20(12-15)28-24(18-8-10-22(30-4)23(14-18)31-5)25(26(28)29)32-21-11-9-19(27)13-17(21)3/h6-14,24-25H,1-5H3/t24-,25+/m1/s1. The maximum absolute atomic E-state index is 13.4. The lowest BCUT2D eigenvalue weighted by atomic mass is 9.88. The number of benzene rings is 3. The Labute approximate surface area is 193 Å². The molecule has 2 atom stereocenters. The molecule has 0 bridgehead atoms. The van der Waals surface area contributed by atoms with Gasteiger partial charge in [-0.15, -0.1) is 0 Å². The Bertz CT molecular complexity index is 1180. The molecule has 1 fully saturated rings. The summed E-state index contributed by atoms with van der Waals surface area (Å²) in [5.41, 5.74) is 4.77. The predicted octanol–water partition coefficient (Wildman–Crippen LogP) is 5.82. The van der Waals surface area contributed by atoms with E-state index in [1.54, 1.807) is 31.3 Å². The number of carbonyl (C=O) groups excluding carboxylic acids is 1. The highest BCUT2D eigenvalue weighted by atomic mass is 35.5. The third-order valence-electron chi connectivity index (χ3n) is 5.81. The lowest BCUT2D eigenvalue weighted by Crippen LogP contribution is -2.62. The Kier molecular flexibility index (Phi) is 6.02. The molecule has 1 aliphatic rings. The molecule has 4 rings (SSSR count). The summed E-state index contributed by atoms with van der Waals surface area (Å²) in [5, 5.41) is 0.628. The first-order valence-corrected chi connectivity index (χ1v) is 10.8. The zero-order valence-electron chi connectivity index (χ0n) is 18.8. The van der Waals surface area contributed by atoms with Crippen molar-refractivity contribution in [1.82, 2.24) is 0 Å². The van der Waals surface area contributed by atoms with Crippen LogP contribution in [-0.4, -0.2) is 26.2 Å². The maximum atomic E-state index is 13.4. The summed E-state index contributed by atoms with van der Waals surface area (Å²) in [6.45, 7) is 5.94. The van der Waals surface area contributed by atoms with Gasteiger partial charge < -0.3 is 14.2 Å². The Hall–Kier alpha value is -3.18.